The molecule has 0 fully saturated rings. The van der Waals surface area contributed by atoms with E-state index < -0.39 is 29.0 Å². The maximum Gasteiger partial charge on any atom is 0.419 e. The summed E-state index contributed by atoms with van der Waals surface area (Å²) in [5.41, 5.74) is 2.90. The predicted molar refractivity (Wildman–Crippen MR) is 54.9 cm³/mol. The molecule has 0 aromatic heterocycles. The maximum atomic E-state index is 12.7. The van der Waals surface area contributed by atoms with Crippen molar-refractivity contribution in [1.29, 1.82) is 0 Å². The summed E-state index contributed by atoms with van der Waals surface area (Å²) in [6.45, 7) is 0. The van der Waals surface area contributed by atoms with Gasteiger partial charge in [0, 0.05) is 10.2 Å². The van der Waals surface area contributed by atoms with E-state index in [-0.39, 0.29) is 4.47 Å². The minimum absolute atomic E-state index is 0.0131. The largest absolute Gasteiger partial charge is 0.465 e. The molecule has 0 saturated heterocycles. The topological polar surface area (TPSA) is 52.3 Å². The van der Waals surface area contributed by atoms with Gasteiger partial charge in [-0.3, -0.25) is 0 Å². The Balaban J connectivity index is 3.56. The van der Waals surface area contributed by atoms with Gasteiger partial charge in [0.25, 0.3) is 0 Å². The van der Waals surface area contributed by atoms with Crippen LogP contribution < -0.4 is 5.73 Å². The van der Waals surface area contributed by atoms with Gasteiger partial charge in [0.05, 0.1) is 18.2 Å². The third-order valence-corrected chi connectivity index (χ3v) is 2.52. The highest BCUT2D eigenvalue weighted by Gasteiger charge is 2.39. The highest BCUT2D eigenvalue weighted by atomic mass is 79.9. The van der Waals surface area contributed by atoms with E-state index in [2.05, 4.69) is 20.7 Å². The molecule has 0 aliphatic heterocycles. The van der Waals surface area contributed by atoms with Crippen LogP contribution in [0.5, 0.6) is 0 Å². The molecule has 7 heteroatoms. The lowest BCUT2D eigenvalue weighted by Crippen LogP contribution is -2.17. The number of hydrogen-bond donors (Lipinski definition) is 1. The molecule has 0 radical (unpaired) electrons. The van der Waals surface area contributed by atoms with E-state index in [1.807, 2.05) is 0 Å². The Morgan fingerprint density at radius 2 is 2.00 bits per heavy atom. The van der Waals surface area contributed by atoms with Crippen LogP contribution in [0.25, 0.3) is 0 Å². The van der Waals surface area contributed by atoms with E-state index in [1.165, 1.54) is 6.07 Å². The zero-order chi connectivity index (χ0) is 12.5. The molecule has 0 aliphatic carbocycles. The number of alkyl halides is 3. The first-order chi connectivity index (χ1) is 7.29. The second-order valence-electron chi connectivity index (χ2n) is 2.88. The first-order valence-corrected chi connectivity index (χ1v) is 4.81. The Bertz CT molecular complexity index is 431. The molecule has 0 heterocycles. The van der Waals surface area contributed by atoms with Crippen LogP contribution in [0, 0.1) is 0 Å². The van der Waals surface area contributed by atoms with Gasteiger partial charge in [-0.1, -0.05) is 0 Å². The zero-order valence-corrected chi connectivity index (χ0v) is 9.65. The van der Waals surface area contributed by atoms with Gasteiger partial charge in [0.2, 0.25) is 0 Å². The normalized spacial score (nSPS) is 11.3. The van der Waals surface area contributed by atoms with E-state index in [0.29, 0.717) is 0 Å². The van der Waals surface area contributed by atoms with Crippen LogP contribution in [0.4, 0.5) is 18.9 Å². The number of benzene rings is 1. The number of nitrogen functional groups attached to an aromatic ring is 1. The molecule has 0 bridgehead atoms. The average Bonchev–Trinajstić information content (AvgIpc) is 2.18. The van der Waals surface area contributed by atoms with Gasteiger partial charge >= 0.3 is 12.1 Å². The lowest BCUT2D eigenvalue weighted by atomic mass is 10.1. The molecule has 2 N–H and O–H groups in total. The van der Waals surface area contributed by atoms with Crippen molar-refractivity contribution in [2.75, 3.05) is 12.8 Å². The third kappa shape index (κ3) is 2.29. The van der Waals surface area contributed by atoms with Crippen molar-refractivity contribution < 1.29 is 22.7 Å². The Morgan fingerprint density at radius 3 is 2.44 bits per heavy atom. The van der Waals surface area contributed by atoms with Crippen LogP contribution in [0.3, 0.4) is 0 Å². The Hall–Kier alpha value is -1.24. The molecule has 1 aromatic carbocycles. The molecule has 3 nitrogen and oxygen atoms in total. The molecule has 0 saturated carbocycles. The molecule has 16 heavy (non-hydrogen) atoms. The summed E-state index contributed by atoms with van der Waals surface area (Å²) in [5, 5.41) is 0. The summed E-state index contributed by atoms with van der Waals surface area (Å²) in [4.78, 5) is 11.2. The quantitative estimate of drug-likeness (QED) is 0.640. The van der Waals surface area contributed by atoms with E-state index in [4.69, 9.17) is 5.73 Å². The number of rotatable bonds is 1. The fourth-order valence-electron chi connectivity index (χ4n) is 1.20. The Labute approximate surface area is 97.5 Å². The third-order valence-electron chi connectivity index (χ3n) is 1.86. The highest BCUT2D eigenvalue weighted by molar-refractivity contribution is 9.10. The van der Waals surface area contributed by atoms with Gasteiger partial charge in [0.1, 0.15) is 0 Å². The fraction of sp³-hybridized carbons (Fsp3) is 0.222. The second kappa shape index (κ2) is 4.32. The average molecular weight is 298 g/mol. The first-order valence-electron chi connectivity index (χ1n) is 4.02. The molecule has 0 unspecified atom stereocenters. The molecular weight excluding hydrogens is 291 g/mol. The van der Waals surface area contributed by atoms with Crippen LogP contribution in [-0.4, -0.2) is 13.1 Å². The minimum Gasteiger partial charge on any atom is -0.465 e. The van der Waals surface area contributed by atoms with Crippen molar-refractivity contribution >= 4 is 27.6 Å². The van der Waals surface area contributed by atoms with Crippen molar-refractivity contribution in [3.05, 3.63) is 27.7 Å². The number of ether oxygens (including phenoxy) is 1. The SMILES string of the molecule is COC(=O)c1c(Br)ccc(N)c1C(F)(F)F. The predicted octanol–water partition coefficient (Wildman–Crippen LogP) is 2.84. The lowest BCUT2D eigenvalue weighted by Gasteiger charge is -2.15. The van der Waals surface area contributed by atoms with E-state index in [1.54, 1.807) is 0 Å². The lowest BCUT2D eigenvalue weighted by molar-refractivity contribution is -0.137. The Morgan fingerprint density at radius 1 is 1.44 bits per heavy atom. The Kier molecular flexibility index (Phi) is 3.47. The van der Waals surface area contributed by atoms with Gasteiger partial charge in [-0.2, -0.15) is 13.2 Å². The highest BCUT2D eigenvalue weighted by Crippen LogP contribution is 2.39. The second-order valence-corrected chi connectivity index (χ2v) is 3.73. The van der Waals surface area contributed by atoms with Crippen LogP contribution in [0.15, 0.2) is 16.6 Å². The molecule has 0 aliphatic rings. The number of halogens is 4. The zero-order valence-electron chi connectivity index (χ0n) is 8.06. The summed E-state index contributed by atoms with van der Waals surface area (Å²) < 4.78 is 42.3. The molecule has 1 aromatic rings. The summed E-state index contributed by atoms with van der Waals surface area (Å²) >= 11 is 2.86. The molecule has 0 spiro atoms. The van der Waals surface area contributed by atoms with E-state index in [0.717, 1.165) is 13.2 Å². The van der Waals surface area contributed by atoms with Gasteiger partial charge in [-0.25, -0.2) is 4.79 Å². The maximum absolute atomic E-state index is 12.7. The number of anilines is 1. The molecule has 88 valence electrons. The van der Waals surface area contributed by atoms with Gasteiger partial charge in [-0.05, 0) is 28.1 Å². The minimum atomic E-state index is -4.71. The molecule has 0 atom stereocenters. The summed E-state index contributed by atoms with van der Waals surface area (Å²) in [6, 6.07) is 2.33. The van der Waals surface area contributed by atoms with Gasteiger partial charge in [-0.15, -0.1) is 0 Å². The number of methoxy groups -OCH3 is 1. The van der Waals surface area contributed by atoms with Crippen LogP contribution >= 0.6 is 15.9 Å². The number of carbonyl (C=O) groups is 1. The molecular formula is C9H7BrF3NO2. The van der Waals surface area contributed by atoms with E-state index in [9.17, 15) is 18.0 Å². The standard InChI is InChI=1S/C9H7BrF3NO2/c1-16-8(15)6-4(10)2-3-5(14)7(6)9(11,12)13/h2-3H,14H2,1H3. The fourth-order valence-corrected chi connectivity index (χ4v) is 1.69. The molecule has 0 amide bonds. The van der Waals surface area contributed by atoms with Crippen molar-refractivity contribution in [3.8, 4) is 0 Å². The smallest absolute Gasteiger partial charge is 0.419 e. The van der Waals surface area contributed by atoms with E-state index >= 15 is 0 Å². The van der Waals surface area contributed by atoms with Crippen LogP contribution in [0.1, 0.15) is 15.9 Å². The summed E-state index contributed by atoms with van der Waals surface area (Å²) in [5.74, 6) is -1.09. The van der Waals surface area contributed by atoms with Crippen LogP contribution in [-0.2, 0) is 10.9 Å². The molecule has 1 rings (SSSR count). The van der Waals surface area contributed by atoms with Crippen molar-refractivity contribution in [2.24, 2.45) is 0 Å². The number of esters is 1. The van der Waals surface area contributed by atoms with Crippen molar-refractivity contribution in [1.82, 2.24) is 0 Å². The number of carbonyl (C=O) groups excluding carboxylic acids is 1. The van der Waals surface area contributed by atoms with Crippen molar-refractivity contribution in [2.45, 2.75) is 6.18 Å². The number of hydrogen-bond acceptors (Lipinski definition) is 3. The van der Waals surface area contributed by atoms with Crippen LogP contribution in [0.2, 0.25) is 0 Å². The first kappa shape index (κ1) is 12.8. The monoisotopic (exact) mass is 297 g/mol. The number of nitrogens with two attached hydrogens (primary N) is 1. The summed E-state index contributed by atoms with van der Waals surface area (Å²) in [7, 11) is 0.998. The van der Waals surface area contributed by atoms with Gasteiger partial charge < -0.3 is 10.5 Å². The van der Waals surface area contributed by atoms with Crippen molar-refractivity contribution in [3.63, 3.8) is 0 Å². The summed E-state index contributed by atoms with van der Waals surface area (Å²) in [6.07, 6.45) is -4.71. The van der Waals surface area contributed by atoms with Gasteiger partial charge in [0.15, 0.2) is 0 Å².